The molecule has 2 aliphatic rings. The van der Waals surface area contributed by atoms with E-state index in [0.717, 1.165) is 57.7 Å². The molecular formula is C12H20N2O2. The van der Waals surface area contributed by atoms with Gasteiger partial charge in [0, 0.05) is 13.1 Å². The highest BCUT2D eigenvalue weighted by Crippen LogP contribution is 2.17. The monoisotopic (exact) mass is 224 g/mol. The molecule has 90 valence electrons. The van der Waals surface area contributed by atoms with Gasteiger partial charge in [-0.15, -0.1) is 0 Å². The van der Waals surface area contributed by atoms with E-state index < -0.39 is 0 Å². The van der Waals surface area contributed by atoms with Gasteiger partial charge in [0.25, 0.3) is 0 Å². The van der Waals surface area contributed by atoms with Gasteiger partial charge in [-0.05, 0) is 25.7 Å². The average Bonchev–Trinajstić information content (AvgIpc) is 2.30. The number of hydrogen-bond donors (Lipinski definition) is 1. The van der Waals surface area contributed by atoms with Crippen molar-refractivity contribution in [2.75, 3.05) is 26.3 Å². The maximum Gasteiger partial charge on any atom is 0.0745 e. The molecule has 1 heterocycles. The molecule has 1 N–H and O–H groups in total. The SMILES string of the molecule is ON=C1CCC=CCCC1N1CCOCC1. The molecule has 1 saturated heterocycles. The van der Waals surface area contributed by atoms with Crippen molar-refractivity contribution in [3.05, 3.63) is 12.2 Å². The van der Waals surface area contributed by atoms with Crippen molar-refractivity contribution in [2.24, 2.45) is 5.16 Å². The Labute approximate surface area is 96.6 Å². The average molecular weight is 224 g/mol. The third-order valence-electron chi connectivity index (χ3n) is 3.34. The molecule has 0 aromatic rings. The minimum atomic E-state index is 0.304. The number of hydrogen-bond acceptors (Lipinski definition) is 4. The van der Waals surface area contributed by atoms with Gasteiger partial charge in [0.05, 0.1) is 25.0 Å². The van der Waals surface area contributed by atoms with Crippen LogP contribution in [-0.4, -0.2) is 48.2 Å². The first-order chi connectivity index (χ1) is 7.92. The third kappa shape index (κ3) is 2.83. The lowest BCUT2D eigenvalue weighted by Crippen LogP contribution is -2.47. The van der Waals surface area contributed by atoms with Gasteiger partial charge < -0.3 is 9.94 Å². The molecule has 4 nitrogen and oxygen atoms in total. The Kier molecular flexibility index (Phi) is 4.36. The summed E-state index contributed by atoms with van der Waals surface area (Å²) in [6, 6.07) is 0.304. The van der Waals surface area contributed by atoms with E-state index in [1.54, 1.807) is 0 Å². The number of morpholine rings is 1. The molecule has 0 aromatic carbocycles. The zero-order valence-electron chi connectivity index (χ0n) is 9.64. The molecule has 16 heavy (non-hydrogen) atoms. The third-order valence-corrected chi connectivity index (χ3v) is 3.34. The molecule has 0 radical (unpaired) electrons. The number of allylic oxidation sites excluding steroid dienone is 2. The molecule has 0 aromatic heterocycles. The second-order valence-corrected chi connectivity index (χ2v) is 4.34. The minimum Gasteiger partial charge on any atom is -0.411 e. The van der Waals surface area contributed by atoms with Crippen LogP contribution >= 0.6 is 0 Å². The van der Waals surface area contributed by atoms with Crippen molar-refractivity contribution in [3.8, 4) is 0 Å². The Morgan fingerprint density at radius 1 is 1.25 bits per heavy atom. The number of rotatable bonds is 1. The van der Waals surface area contributed by atoms with Crippen molar-refractivity contribution in [2.45, 2.75) is 31.7 Å². The summed E-state index contributed by atoms with van der Waals surface area (Å²) in [5.74, 6) is 0. The summed E-state index contributed by atoms with van der Waals surface area (Å²) < 4.78 is 5.36. The fourth-order valence-electron chi connectivity index (χ4n) is 2.45. The summed E-state index contributed by atoms with van der Waals surface area (Å²) >= 11 is 0. The van der Waals surface area contributed by atoms with Crippen molar-refractivity contribution in [1.82, 2.24) is 4.90 Å². The lowest BCUT2D eigenvalue weighted by molar-refractivity contribution is 0.0269. The van der Waals surface area contributed by atoms with Gasteiger partial charge in [0.2, 0.25) is 0 Å². The van der Waals surface area contributed by atoms with E-state index in [0.29, 0.717) is 6.04 Å². The van der Waals surface area contributed by atoms with E-state index in [1.807, 2.05) is 0 Å². The smallest absolute Gasteiger partial charge is 0.0745 e. The van der Waals surface area contributed by atoms with Gasteiger partial charge in [-0.2, -0.15) is 0 Å². The van der Waals surface area contributed by atoms with Crippen molar-refractivity contribution in [3.63, 3.8) is 0 Å². The summed E-state index contributed by atoms with van der Waals surface area (Å²) in [6.07, 6.45) is 8.40. The Bertz CT molecular complexity index is 270. The maximum atomic E-state index is 9.11. The first-order valence-electron chi connectivity index (χ1n) is 6.09. The van der Waals surface area contributed by atoms with Gasteiger partial charge in [-0.25, -0.2) is 0 Å². The van der Waals surface area contributed by atoms with E-state index in [9.17, 15) is 0 Å². The highest BCUT2D eigenvalue weighted by molar-refractivity contribution is 5.89. The van der Waals surface area contributed by atoms with Crippen LogP contribution in [0.2, 0.25) is 0 Å². The van der Waals surface area contributed by atoms with Crippen molar-refractivity contribution < 1.29 is 9.94 Å². The summed E-state index contributed by atoms with van der Waals surface area (Å²) in [5, 5.41) is 12.6. The normalized spacial score (nSPS) is 31.2. The van der Waals surface area contributed by atoms with Crippen LogP contribution in [0.1, 0.15) is 25.7 Å². The summed E-state index contributed by atoms with van der Waals surface area (Å²) in [4.78, 5) is 2.39. The topological polar surface area (TPSA) is 45.1 Å². The lowest BCUT2D eigenvalue weighted by Gasteiger charge is -2.35. The number of oxime groups is 1. The summed E-state index contributed by atoms with van der Waals surface area (Å²) in [6.45, 7) is 3.50. The second kappa shape index (κ2) is 6.01. The first-order valence-corrected chi connectivity index (χ1v) is 6.09. The van der Waals surface area contributed by atoms with E-state index in [-0.39, 0.29) is 0 Å². The number of nitrogens with zero attached hydrogens (tertiary/aromatic N) is 2. The van der Waals surface area contributed by atoms with Gasteiger partial charge in [-0.1, -0.05) is 17.3 Å². The number of ether oxygens (including phenoxy) is 1. The maximum absolute atomic E-state index is 9.11. The van der Waals surface area contributed by atoms with Crippen LogP contribution in [0, 0.1) is 0 Å². The summed E-state index contributed by atoms with van der Waals surface area (Å²) in [5.41, 5.74) is 0.936. The quantitative estimate of drug-likeness (QED) is 0.418. The molecule has 1 atom stereocenters. The predicted molar refractivity (Wildman–Crippen MR) is 63.0 cm³/mol. The molecule has 0 spiro atoms. The fraction of sp³-hybridized carbons (Fsp3) is 0.750. The molecule has 4 heteroatoms. The standard InChI is InChI=1S/C12H20N2O2/c15-13-11-5-3-1-2-4-6-12(11)14-7-9-16-10-8-14/h1-2,12,15H,3-10H2. The molecule has 0 amide bonds. The molecule has 0 saturated carbocycles. The lowest BCUT2D eigenvalue weighted by atomic mass is 9.97. The van der Waals surface area contributed by atoms with Gasteiger partial charge in [0.15, 0.2) is 0 Å². The second-order valence-electron chi connectivity index (χ2n) is 4.34. The van der Waals surface area contributed by atoms with Crippen LogP contribution in [0.5, 0.6) is 0 Å². The fourth-order valence-corrected chi connectivity index (χ4v) is 2.45. The van der Waals surface area contributed by atoms with E-state index in [2.05, 4.69) is 22.2 Å². The van der Waals surface area contributed by atoms with Gasteiger partial charge >= 0.3 is 0 Å². The highest BCUT2D eigenvalue weighted by atomic mass is 16.5. The van der Waals surface area contributed by atoms with Crippen LogP contribution in [-0.2, 0) is 4.74 Å². The largest absolute Gasteiger partial charge is 0.411 e. The highest BCUT2D eigenvalue weighted by Gasteiger charge is 2.25. The van der Waals surface area contributed by atoms with Crippen molar-refractivity contribution in [1.29, 1.82) is 0 Å². The Morgan fingerprint density at radius 2 is 2.00 bits per heavy atom. The van der Waals surface area contributed by atoms with E-state index in [4.69, 9.17) is 9.94 Å². The molecular weight excluding hydrogens is 204 g/mol. The molecule has 1 aliphatic carbocycles. The molecule has 1 fully saturated rings. The molecule has 1 aliphatic heterocycles. The van der Waals surface area contributed by atoms with Crippen LogP contribution in [0.15, 0.2) is 17.3 Å². The zero-order chi connectivity index (χ0) is 11.2. The first kappa shape index (κ1) is 11.6. The van der Waals surface area contributed by atoms with E-state index in [1.165, 1.54) is 0 Å². The predicted octanol–water partition coefficient (Wildman–Crippen LogP) is 1.65. The molecule has 0 bridgehead atoms. The zero-order valence-corrected chi connectivity index (χ0v) is 9.64. The van der Waals surface area contributed by atoms with Crippen LogP contribution in [0.25, 0.3) is 0 Å². The van der Waals surface area contributed by atoms with Gasteiger partial charge in [0.1, 0.15) is 0 Å². The van der Waals surface area contributed by atoms with Crippen molar-refractivity contribution >= 4 is 5.71 Å². The van der Waals surface area contributed by atoms with Gasteiger partial charge in [-0.3, -0.25) is 4.90 Å². The summed E-state index contributed by atoms with van der Waals surface area (Å²) in [7, 11) is 0. The van der Waals surface area contributed by atoms with E-state index >= 15 is 0 Å². The molecule has 2 rings (SSSR count). The Morgan fingerprint density at radius 3 is 2.75 bits per heavy atom. The Hall–Kier alpha value is -0.870. The minimum absolute atomic E-state index is 0.304. The Balaban J connectivity index is 2.04. The molecule has 1 unspecified atom stereocenters. The van der Waals surface area contributed by atoms with Crippen LogP contribution < -0.4 is 0 Å². The van der Waals surface area contributed by atoms with Crippen LogP contribution in [0.4, 0.5) is 0 Å². The van der Waals surface area contributed by atoms with Crippen LogP contribution in [0.3, 0.4) is 0 Å².